The zero-order chi connectivity index (χ0) is 19.6. The number of hydrogen-bond acceptors (Lipinski definition) is 4. The van der Waals surface area contributed by atoms with Gasteiger partial charge < -0.3 is 14.8 Å². The van der Waals surface area contributed by atoms with Crippen molar-refractivity contribution < 1.29 is 14.3 Å². The number of amides is 1. The fourth-order valence-electron chi connectivity index (χ4n) is 3.29. The number of carbonyl (C=O) groups excluding carboxylic acids is 1. The number of nitrogens with one attached hydrogen (secondary N) is 1. The van der Waals surface area contributed by atoms with Crippen LogP contribution in [0.3, 0.4) is 0 Å². The fraction of sp³-hybridized carbons (Fsp3) is 0.455. The van der Waals surface area contributed by atoms with Gasteiger partial charge in [-0.15, -0.1) is 6.58 Å². The summed E-state index contributed by atoms with van der Waals surface area (Å²) in [5.74, 6) is 0.977. The number of nitrogens with zero attached hydrogens (tertiary/aromatic N) is 1. The van der Waals surface area contributed by atoms with Gasteiger partial charge in [0.05, 0.1) is 13.2 Å². The summed E-state index contributed by atoms with van der Waals surface area (Å²) < 4.78 is 11.5. The van der Waals surface area contributed by atoms with E-state index < -0.39 is 0 Å². The molecule has 0 unspecified atom stereocenters. The Bertz CT molecular complexity index is 741. The van der Waals surface area contributed by atoms with E-state index in [2.05, 4.69) is 11.9 Å². The minimum atomic E-state index is -0.318. The van der Waals surface area contributed by atoms with Crippen molar-refractivity contribution in [2.75, 3.05) is 13.2 Å². The quantitative estimate of drug-likeness (QED) is 0.403. The third kappa shape index (κ3) is 5.62. The normalized spacial score (nSPS) is 14.5. The molecular formula is C22H28N2O3. The lowest BCUT2D eigenvalue weighted by Gasteiger charge is -2.16. The van der Waals surface area contributed by atoms with Gasteiger partial charge in [0.2, 0.25) is 0 Å². The first-order chi connectivity index (χ1) is 13.1. The molecule has 0 bridgehead atoms. The van der Waals surface area contributed by atoms with Crippen molar-refractivity contribution in [1.82, 2.24) is 5.32 Å². The lowest BCUT2D eigenvalue weighted by molar-refractivity contribution is -0.117. The van der Waals surface area contributed by atoms with Crippen LogP contribution in [0.4, 0.5) is 0 Å². The molecule has 1 aliphatic rings. The van der Waals surface area contributed by atoms with Crippen LogP contribution in [0.2, 0.25) is 0 Å². The van der Waals surface area contributed by atoms with Crippen LogP contribution in [0, 0.1) is 11.3 Å². The molecule has 0 radical (unpaired) electrons. The highest BCUT2D eigenvalue weighted by atomic mass is 16.5. The van der Waals surface area contributed by atoms with Crippen molar-refractivity contribution in [3.8, 4) is 17.6 Å². The van der Waals surface area contributed by atoms with Crippen LogP contribution in [0.1, 0.15) is 50.7 Å². The molecule has 1 saturated carbocycles. The number of nitriles is 1. The van der Waals surface area contributed by atoms with E-state index in [1.54, 1.807) is 18.2 Å². The minimum Gasteiger partial charge on any atom is -0.490 e. The van der Waals surface area contributed by atoms with Gasteiger partial charge in [-0.3, -0.25) is 4.79 Å². The highest BCUT2D eigenvalue weighted by molar-refractivity contribution is 6.01. The summed E-state index contributed by atoms with van der Waals surface area (Å²) in [6.07, 6.45) is 8.20. The molecule has 0 saturated heterocycles. The topological polar surface area (TPSA) is 71.4 Å². The van der Waals surface area contributed by atoms with E-state index in [9.17, 15) is 10.1 Å². The van der Waals surface area contributed by atoms with Gasteiger partial charge >= 0.3 is 0 Å². The molecule has 1 amide bonds. The molecule has 5 nitrogen and oxygen atoms in total. The van der Waals surface area contributed by atoms with Gasteiger partial charge in [0.15, 0.2) is 11.5 Å². The minimum absolute atomic E-state index is 0.0954. The monoisotopic (exact) mass is 368 g/mol. The largest absolute Gasteiger partial charge is 0.490 e. The molecule has 0 atom stereocenters. The van der Waals surface area contributed by atoms with Crippen molar-refractivity contribution in [2.45, 2.75) is 52.0 Å². The van der Waals surface area contributed by atoms with Crippen molar-refractivity contribution >= 4 is 12.0 Å². The SMILES string of the molecule is C=CCc1cc(/C=C(/C#N)C(=O)NC2CCCC2)cc(OCC)c1OCC. The molecule has 1 aromatic carbocycles. The molecule has 0 heterocycles. The second-order valence-corrected chi connectivity index (χ2v) is 6.49. The molecule has 5 heteroatoms. The second kappa shape index (κ2) is 10.4. The first kappa shape index (κ1) is 20.6. The van der Waals surface area contributed by atoms with E-state index in [1.165, 1.54) is 0 Å². The molecule has 0 spiro atoms. The average molecular weight is 368 g/mol. The lowest BCUT2D eigenvalue weighted by atomic mass is 10.0. The van der Waals surface area contributed by atoms with E-state index in [1.807, 2.05) is 26.0 Å². The summed E-state index contributed by atoms with van der Waals surface area (Å²) in [6, 6.07) is 5.91. The summed E-state index contributed by atoms with van der Waals surface area (Å²) in [6.45, 7) is 8.63. The molecule has 1 N–H and O–H groups in total. The van der Waals surface area contributed by atoms with Crippen LogP contribution in [0.15, 0.2) is 30.4 Å². The average Bonchev–Trinajstić information content (AvgIpc) is 3.15. The Labute approximate surface area is 161 Å². The number of ether oxygens (including phenoxy) is 2. The third-order valence-corrected chi connectivity index (χ3v) is 4.47. The zero-order valence-electron chi connectivity index (χ0n) is 16.2. The molecule has 0 aliphatic heterocycles. The predicted octanol–water partition coefficient (Wildman–Crippen LogP) is 4.18. The molecule has 2 rings (SSSR count). The predicted molar refractivity (Wildman–Crippen MR) is 107 cm³/mol. The van der Waals surface area contributed by atoms with E-state index in [4.69, 9.17) is 9.47 Å². The van der Waals surface area contributed by atoms with E-state index in [-0.39, 0.29) is 17.5 Å². The van der Waals surface area contributed by atoms with Crippen LogP contribution in [-0.2, 0) is 11.2 Å². The van der Waals surface area contributed by atoms with Crippen LogP contribution in [-0.4, -0.2) is 25.2 Å². The first-order valence-electron chi connectivity index (χ1n) is 9.58. The highest BCUT2D eigenvalue weighted by Gasteiger charge is 2.20. The highest BCUT2D eigenvalue weighted by Crippen LogP contribution is 2.34. The Morgan fingerprint density at radius 3 is 2.59 bits per heavy atom. The first-order valence-corrected chi connectivity index (χ1v) is 9.58. The smallest absolute Gasteiger partial charge is 0.262 e. The van der Waals surface area contributed by atoms with Gasteiger partial charge in [0, 0.05) is 11.6 Å². The summed E-state index contributed by atoms with van der Waals surface area (Å²) in [5, 5.41) is 12.4. The maximum Gasteiger partial charge on any atom is 0.262 e. The Morgan fingerprint density at radius 2 is 2.00 bits per heavy atom. The summed E-state index contributed by atoms with van der Waals surface area (Å²) in [5.41, 5.74) is 1.74. The van der Waals surface area contributed by atoms with Gasteiger partial charge in [0.25, 0.3) is 5.91 Å². The third-order valence-electron chi connectivity index (χ3n) is 4.47. The number of allylic oxidation sites excluding steroid dienone is 1. The summed E-state index contributed by atoms with van der Waals surface area (Å²) >= 11 is 0. The van der Waals surface area contributed by atoms with Gasteiger partial charge in [-0.1, -0.05) is 18.9 Å². The second-order valence-electron chi connectivity index (χ2n) is 6.49. The van der Waals surface area contributed by atoms with Crippen molar-refractivity contribution in [3.05, 3.63) is 41.5 Å². The Hall–Kier alpha value is -2.74. The molecule has 1 aliphatic carbocycles. The molecule has 144 valence electrons. The van der Waals surface area contributed by atoms with Crippen LogP contribution >= 0.6 is 0 Å². The fourth-order valence-corrected chi connectivity index (χ4v) is 3.29. The van der Waals surface area contributed by atoms with Crippen molar-refractivity contribution in [2.24, 2.45) is 0 Å². The summed E-state index contributed by atoms with van der Waals surface area (Å²) in [7, 11) is 0. The van der Waals surface area contributed by atoms with Crippen LogP contribution < -0.4 is 14.8 Å². The molecule has 1 aromatic rings. The Kier molecular flexibility index (Phi) is 7.94. The maximum absolute atomic E-state index is 12.5. The van der Waals surface area contributed by atoms with Gasteiger partial charge in [-0.2, -0.15) is 5.26 Å². The molecule has 1 fully saturated rings. The number of carbonyl (C=O) groups is 1. The zero-order valence-corrected chi connectivity index (χ0v) is 16.2. The van der Waals surface area contributed by atoms with Gasteiger partial charge in [-0.25, -0.2) is 0 Å². The standard InChI is InChI=1S/C22H28N2O3/c1-4-9-17-12-16(14-20(26-5-2)21(17)27-6-3)13-18(15-23)22(25)24-19-10-7-8-11-19/h4,12-14,19H,1,5-11H2,2-3H3,(H,24,25)/b18-13-. The molecule has 27 heavy (non-hydrogen) atoms. The van der Waals surface area contributed by atoms with Crippen LogP contribution in [0.5, 0.6) is 11.5 Å². The maximum atomic E-state index is 12.5. The number of rotatable bonds is 9. The van der Waals surface area contributed by atoms with Crippen molar-refractivity contribution in [1.29, 1.82) is 5.26 Å². The van der Waals surface area contributed by atoms with E-state index in [0.29, 0.717) is 31.1 Å². The number of benzene rings is 1. The van der Waals surface area contributed by atoms with E-state index in [0.717, 1.165) is 36.8 Å². The molecular weight excluding hydrogens is 340 g/mol. The number of hydrogen-bond donors (Lipinski definition) is 1. The Morgan fingerprint density at radius 1 is 1.30 bits per heavy atom. The van der Waals surface area contributed by atoms with Gasteiger partial charge in [-0.05, 0) is 56.9 Å². The summed E-state index contributed by atoms with van der Waals surface area (Å²) in [4.78, 5) is 12.5. The van der Waals surface area contributed by atoms with Crippen LogP contribution in [0.25, 0.3) is 6.08 Å². The van der Waals surface area contributed by atoms with E-state index >= 15 is 0 Å². The molecule has 0 aromatic heterocycles. The van der Waals surface area contributed by atoms with Gasteiger partial charge in [0.1, 0.15) is 11.6 Å². The van der Waals surface area contributed by atoms with Crippen molar-refractivity contribution in [3.63, 3.8) is 0 Å². The Balaban J connectivity index is 2.36. The lowest BCUT2D eigenvalue weighted by Crippen LogP contribution is -2.33.